The molecule has 0 saturated heterocycles. The minimum Gasteiger partial charge on any atom is -0.309 e. The molecule has 0 N–H and O–H groups in total. The minimum absolute atomic E-state index is 0.746. The van der Waals surface area contributed by atoms with E-state index in [0.717, 1.165) is 33.7 Å². The Morgan fingerprint density at radius 2 is 1.35 bits per heavy atom. The molecule has 0 saturated carbocycles. The molecule has 9 aromatic rings. The van der Waals surface area contributed by atoms with Gasteiger partial charge >= 0.3 is 0 Å². The molecular weight excluding hydrogens is 563 g/mol. The van der Waals surface area contributed by atoms with Crippen LogP contribution in [0.1, 0.15) is 0 Å². The highest BCUT2D eigenvalue weighted by atomic mass is 32.2. The molecule has 1 aliphatic heterocycles. The van der Waals surface area contributed by atoms with Crippen molar-refractivity contribution in [1.82, 2.24) is 14.5 Å². The van der Waals surface area contributed by atoms with E-state index in [1.165, 1.54) is 57.3 Å². The van der Waals surface area contributed by atoms with E-state index in [9.17, 15) is 0 Å². The Hall–Kier alpha value is -4.97. The van der Waals surface area contributed by atoms with E-state index in [2.05, 4.69) is 132 Å². The summed E-state index contributed by atoms with van der Waals surface area (Å²) < 4.78 is 5.02. The number of hydrogen-bond acceptors (Lipinski definition) is 4. The fourth-order valence-electron chi connectivity index (χ4n) is 6.68. The van der Waals surface area contributed by atoms with E-state index in [1.54, 1.807) is 11.8 Å². The second-order valence-corrected chi connectivity index (χ2v) is 13.2. The van der Waals surface area contributed by atoms with Crippen molar-refractivity contribution in [2.75, 3.05) is 0 Å². The SMILES string of the molecule is c1cc(-c2nc3c4c(cccc4n2)Sc2ccccc2-3)cc(-n2c3ccccc3c3cc4c(cc32)sc2ccccc24)c1. The zero-order valence-corrected chi connectivity index (χ0v) is 24.4. The normalized spacial score (nSPS) is 12.6. The molecule has 0 unspecified atom stereocenters. The smallest absolute Gasteiger partial charge is 0.160 e. The molecule has 0 atom stereocenters. The summed E-state index contributed by atoms with van der Waals surface area (Å²) in [6.07, 6.45) is 0. The van der Waals surface area contributed by atoms with Crippen LogP contribution in [0.3, 0.4) is 0 Å². The molecule has 1 aliphatic rings. The quantitative estimate of drug-likeness (QED) is 0.203. The van der Waals surface area contributed by atoms with E-state index < -0.39 is 0 Å². The van der Waals surface area contributed by atoms with Crippen LogP contribution < -0.4 is 0 Å². The van der Waals surface area contributed by atoms with Gasteiger partial charge in [-0.1, -0.05) is 84.6 Å². The molecule has 4 heterocycles. The molecule has 0 spiro atoms. The number of nitrogens with zero attached hydrogens (tertiary/aromatic N) is 3. The molecule has 5 heteroatoms. The number of fused-ring (bicyclic) bond motifs is 8. The standard InChI is InChI=1S/C38H21N3S2/c1-4-15-30-24(11-1)27-20-28-25-12-2-5-16-32(25)43-35(28)21-31(27)41(30)23-10-7-9-22(19-23)38-39-29-14-8-18-34-36(29)37(40-38)26-13-3-6-17-33(26)42-34/h1-21H. The lowest BCUT2D eigenvalue weighted by Gasteiger charge is -2.19. The van der Waals surface area contributed by atoms with Gasteiger partial charge in [0.1, 0.15) is 0 Å². The van der Waals surface area contributed by atoms with E-state index in [0.29, 0.717) is 0 Å². The fourth-order valence-corrected chi connectivity index (χ4v) is 8.91. The van der Waals surface area contributed by atoms with Gasteiger partial charge in [-0.05, 0) is 54.6 Å². The second kappa shape index (κ2) is 8.77. The second-order valence-electron chi connectivity index (χ2n) is 11.0. The van der Waals surface area contributed by atoms with Gasteiger partial charge in [0.15, 0.2) is 5.82 Å². The molecule has 43 heavy (non-hydrogen) atoms. The first-order valence-electron chi connectivity index (χ1n) is 14.3. The molecule has 0 radical (unpaired) electrons. The van der Waals surface area contributed by atoms with E-state index in [-0.39, 0.29) is 0 Å². The lowest BCUT2D eigenvalue weighted by molar-refractivity contribution is 1.17. The molecule has 0 aliphatic carbocycles. The summed E-state index contributed by atoms with van der Waals surface area (Å²) in [6.45, 7) is 0. The van der Waals surface area contributed by atoms with Gasteiger partial charge in [-0.15, -0.1) is 11.3 Å². The minimum atomic E-state index is 0.746. The monoisotopic (exact) mass is 583 g/mol. The van der Waals surface area contributed by atoms with Gasteiger partial charge in [0.05, 0.1) is 22.2 Å². The maximum Gasteiger partial charge on any atom is 0.160 e. The number of thiophene rings is 1. The van der Waals surface area contributed by atoms with E-state index in [4.69, 9.17) is 9.97 Å². The van der Waals surface area contributed by atoms with Crippen molar-refractivity contribution in [1.29, 1.82) is 0 Å². The molecule has 3 nitrogen and oxygen atoms in total. The first kappa shape index (κ1) is 23.6. The van der Waals surface area contributed by atoms with Crippen molar-refractivity contribution in [3.63, 3.8) is 0 Å². The summed E-state index contributed by atoms with van der Waals surface area (Å²) in [6, 6.07) is 45.8. The summed E-state index contributed by atoms with van der Waals surface area (Å²) in [5, 5.41) is 6.31. The van der Waals surface area contributed by atoms with Gasteiger partial charge in [-0.3, -0.25) is 0 Å². The number of rotatable bonds is 2. The highest BCUT2D eigenvalue weighted by molar-refractivity contribution is 7.99. The van der Waals surface area contributed by atoms with Crippen LogP contribution in [0.5, 0.6) is 0 Å². The predicted molar refractivity (Wildman–Crippen MR) is 182 cm³/mol. The van der Waals surface area contributed by atoms with Crippen LogP contribution in [-0.2, 0) is 0 Å². The van der Waals surface area contributed by atoms with Gasteiger partial charge in [-0.25, -0.2) is 9.97 Å². The lowest BCUT2D eigenvalue weighted by Crippen LogP contribution is -2.01. The van der Waals surface area contributed by atoms with Crippen molar-refractivity contribution in [3.05, 3.63) is 127 Å². The Bertz CT molecular complexity index is 2610. The third-order valence-electron chi connectivity index (χ3n) is 8.58. The molecule has 0 amide bonds. The van der Waals surface area contributed by atoms with E-state index >= 15 is 0 Å². The predicted octanol–water partition coefficient (Wildman–Crippen LogP) is 10.9. The molecule has 200 valence electrons. The molecular formula is C38H21N3S2. The van der Waals surface area contributed by atoms with Crippen molar-refractivity contribution < 1.29 is 0 Å². The fraction of sp³-hybridized carbons (Fsp3) is 0. The van der Waals surface area contributed by atoms with Crippen LogP contribution in [-0.4, -0.2) is 14.5 Å². The van der Waals surface area contributed by atoms with Gasteiger partial charge in [-0.2, -0.15) is 0 Å². The topological polar surface area (TPSA) is 30.7 Å². The summed E-state index contributed by atoms with van der Waals surface area (Å²) in [5.41, 5.74) is 7.68. The third kappa shape index (κ3) is 3.38. The molecule has 3 aromatic heterocycles. The van der Waals surface area contributed by atoms with Crippen LogP contribution in [0.15, 0.2) is 137 Å². The van der Waals surface area contributed by atoms with Gasteiger partial charge in [0.2, 0.25) is 0 Å². The Morgan fingerprint density at radius 1 is 0.535 bits per heavy atom. The van der Waals surface area contributed by atoms with Gasteiger partial charge in [0, 0.05) is 62.9 Å². The van der Waals surface area contributed by atoms with Crippen LogP contribution >= 0.6 is 23.1 Å². The molecule has 0 bridgehead atoms. The highest BCUT2D eigenvalue weighted by Crippen LogP contribution is 2.47. The Labute approximate surface area is 255 Å². The Balaban J connectivity index is 1.22. The zero-order chi connectivity index (χ0) is 28.1. The van der Waals surface area contributed by atoms with Gasteiger partial charge < -0.3 is 4.57 Å². The maximum absolute atomic E-state index is 5.22. The Morgan fingerprint density at radius 3 is 2.33 bits per heavy atom. The molecule has 0 fully saturated rings. The summed E-state index contributed by atoms with van der Waals surface area (Å²) >= 11 is 3.66. The number of aromatic nitrogens is 3. The van der Waals surface area contributed by atoms with Crippen LogP contribution in [0.4, 0.5) is 0 Å². The van der Waals surface area contributed by atoms with Crippen LogP contribution in [0, 0.1) is 0 Å². The molecule has 10 rings (SSSR count). The maximum atomic E-state index is 5.22. The molecule has 6 aromatic carbocycles. The number of hydrogen-bond donors (Lipinski definition) is 0. The van der Waals surface area contributed by atoms with Crippen LogP contribution in [0.2, 0.25) is 0 Å². The largest absolute Gasteiger partial charge is 0.309 e. The van der Waals surface area contributed by atoms with Crippen molar-refractivity contribution in [2.24, 2.45) is 0 Å². The van der Waals surface area contributed by atoms with Crippen molar-refractivity contribution in [2.45, 2.75) is 9.79 Å². The third-order valence-corrected chi connectivity index (χ3v) is 10.9. The highest BCUT2D eigenvalue weighted by Gasteiger charge is 2.22. The first-order valence-corrected chi connectivity index (χ1v) is 16.0. The first-order chi connectivity index (χ1) is 21.3. The summed E-state index contributed by atoms with van der Waals surface area (Å²) in [4.78, 5) is 12.8. The average molecular weight is 584 g/mol. The van der Waals surface area contributed by atoms with Crippen molar-refractivity contribution in [3.8, 4) is 28.3 Å². The average Bonchev–Trinajstić information content (AvgIpc) is 3.58. The zero-order valence-electron chi connectivity index (χ0n) is 22.8. The van der Waals surface area contributed by atoms with Crippen LogP contribution in [0.25, 0.3) is 81.2 Å². The number of benzene rings is 6. The lowest BCUT2D eigenvalue weighted by atomic mass is 10.0. The summed E-state index contributed by atoms with van der Waals surface area (Å²) in [5.74, 6) is 0.746. The summed E-state index contributed by atoms with van der Waals surface area (Å²) in [7, 11) is 0. The van der Waals surface area contributed by atoms with Crippen molar-refractivity contribution >= 4 is 76.0 Å². The van der Waals surface area contributed by atoms with Gasteiger partial charge in [0.25, 0.3) is 0 Å². The van der Waals surface area contributed by atoms with E-state index in [1.807, 2.05) is 11.3 Å². The number of para-hydroxylation sites is 1. The Kier molecular flexibility index (Phi) is 4.81.